The van der Waals surface area contributed by atoms with Crippen LogP contribution in [0.5, 0.6) is 0 Å². The Labute approximate surface area is 126 Å². The third-order valence-electron chi connectivity index (χ3n) is 3.72. The van der Waals surface area contributed by atoms with Crippen molar-refractivity contribution >= 4 is 17.5 Å². The molecule has 0 saturated carbocycles. The van der Waals surface area contributed by atoms with Crippen LogP contribution < -0.4 is 10.6 Å². The molecule has 1 amide bonds. The van der Waals surface area contributed by atoms with Crippen molar-refractivity contribution in [1.29, 1.82) is 0 Å². The van der Waals surface area contributed by atoms with Crippen LogP contribution in [0.3, 0.4) is 0 Å². The van der Waals surface area contributed by atoms with Gasteiger partial charge >= 0.3 is 0 Å². The molecule has 0 radical (unpaired) electrons. The molecule has 1 aliphatic rings. The molecule has 2 N–H and O–H groups in total. The van der Waals surface area contributed by atoms with Gasteiger partial charge in [-0.15, -0.1) is 0 Å². The second kappa shape index (κ2) is 7.65. The molecular weight excluding hydrogens is 272 g/mol. The van der Waals surface area contributed by atoms with E-state index in [2.05, 4.69) is 10.6 Å². The summed E-state index contributed by atoms with van der Waals surface area (Å²) >= 11 is 5.87. The van der Waals surface area contributed by atoms with Crippen LogP contribution in [0.2, 0.25) is 5.02 Å². The molecule has 0 aliphatic carbocycles. The van der Waals surface area contributed by atoms with E-state index in [1.54, 1.807) is 0 Å². The van der Waals surface area contributed by atoms with Crippen LogP contribution in [0.15, 0.2) is 24.3 Å². The van der Waals surface area contributed by atoms with Crippen molar-refractivity contribution in [2.24, 2.45) is 0 Å². The van der Waals surface area contributed by atoms with Crippen LogP contribution >= 0.6 is 11.6 Å². The lowest BCUT2D eigenvalue weighted by Gasteiger charge is -2.20. The zero-order valence-corrected chi connectivity index (χ0v) is 12.7. The minimum Gasteiger partial charge on any atom is -0.352 e. The van der Waals surface area contributed by atoms with Gasteiger partial charge in [0.25, 0.3) is 0 Å². The predicted octanol–water partition coefficient (Wildman–Crippen LogP) is 2.92. The van der Waals surface area contributed by atoms with Gasteiger partial charge in [0.05, 0.1) is 6.04 Å². The van der Waals surface area contributed by atoms with Crippen molar-refractivity contribution in [2.75, 3.05) is 6.54 Å². The monoisotopic (exact) mass is 294 g/mol. The molecule has 0 aromatic heterocycles. The van der Waals surface area contributed by atoms with Crippen molar-refractivity contribution in [3.8, 4) is 0 Å². The molecule has 1 aromatic rings. The Morgan fingerprint density at radius 3 is 2.85 bits per heavy atom. The van der Waals surface area contributed by atoms with Gasteiger partial charge in [-0.2, -0.15) is 0 Å². The van der Waals surface area contributed by atoms with Crippen LogP contribution in [-0.4, -0.2) is 24.5 Å². The lowest BCUT2D eigenvalue weighted by Crippen LogP contribution is -2.47. The number of hydrogen-bond acceptors (Lipinski definition) is 2. The van der Waals surface area contributed by atoms with Crippen molar-refractivity contribution in [1.82, 2.24) is 10.6 Å². The van der Waals surface area contributed by atoms with Gasteiger partial charge in [-0.3, -0.25) is 4.79 Å². The first-order valence-electron chi connectivity index (χ1n) is 7.43. The molecule has 1 aliphatic heterocycles. The molecule has 2 atom stereocenters. The van der Waals surface area contributed by atoms with E-state index in [1.165, 1.54) is 18.4 Å². The highest BCUT2D eigenvalue weighted by molar-refractivity contribution is 6.30. The Morgan fingerprint density at radius 2 is 2.10 bits per heavy atom. The number of carbonyl (C=O) groups excluding carboxylic acids is 1. The average Bonchev–Trinajstić information content (AvgIpc) is 2.70. The van der Waals surface area contributed by atoms with Gasteiger partial charge in [0.15, 0.2) is 0 Å². The van der Waals surface area contributed by atoms with Crippen LogP contribution in [0.4, 0.5) is 0 Å². The summed E-state index contributed by atoms with van der Waals surface area (Å²) in [5, 5.41) is 7.18. The van der Waals surface area contributed by atoms with Crippen LogP contribution in [0.25, 0.3) is 0 Å². The first-order valence-corrected chi connectivity index (χ1v) is 7.81. The zero-order valence-electron chi connectivity index (χ0n) is 12.0. The maximum absolute atomic E-state index is 12.2. The largest absolute Gasteiger partial charge is 0.352 e. The van der Waals surface area contributed by atoms with E-state index < -0.39 is 0 Å². The fourth-order valence-electron chi connectivity index (χ4n) is 2.62. The highest BCUT2D eigenvalue weighted by atomic mass is 35.5. The summed E-state index contributed by atoms with van der Waals surface area (Å²) in [6, 6.07) is 7.90. The van der Waals surface area contributed by atoms with Gasteiger partial charge in [0.1, 0.15) is 0 Å². The van der Waals surface area contributed by atoms with E-state index in [0.29, 0.717) is 0 Å². The van der Waals surface area contributed by atoms with Crippen LogP contribution in [0.1, 0.15) is 38.2 Å². The molecule has 1 fully saturated rings. The lowest BCUT2D eigenvalue weighted by atomic mass is 10.1. The van der Waals surface area contributed by atoms with Gasteiger partial charge in [-0.05, 0) is 50.4 Å². The summed E-state index contributed by atoms with van der Waals surface area (Å²) in [4.78, 5) is 12.2. The van der Waals surface area contributed by atoms with Crippen molar-refractivity contribution in [3.05, 3.63) is 34.9 Å². The quantitative estimate of drug-likeness (QED) is 0.896. The third-order valence-corrected chi connectivity index (χ3v) is 3.97. The molecule has 0 bridgehead atoms. The Hall–Kier alpha value is -1.06. The fraction of sp³-hybridized carbons (Fsp3) is 0.562. The molecule has 2 unspecified atom stereocenters. The predicted molar refractivity (Wildman–Crippen MR) is 83.0 cm³/mol. The van der Waals surface area contributed by atoms with Gasteiger partial charge in [0, 0.05) is 11.1 Å². The Balaban J connectivity index is 1.82. The topological polar surface area (TPSA) is 41.1 Å². The Morgan fingerprint density at radius 1 is 1.35 bits per heavy atom. The second-order valence-corrected chi connectivity index (χ2v) is 6.03. The second-order valence-electron chi connectivity index (χ2n) is 5.60. The smallest absolute Gasteiger partial charge is 0.237 e. The minimum absolute atomic E-state index is 0.0230. The molecule has 2 rings (SSSR count). The Bertz CT molecular complexity index is 425. The van der Waals surface area contributed by atoms with Crippen molar-refractivity contribution in [2.45, 2.75) is 51.1 Å². The first kappa shape index (κ1) is 15.3. The molecule has 1 aromatic carbocycles. The number of hydrogen-bond donors (Lipinski definition) is 2. The van der Waals surface area contributed by atoms with Crippen LogP contribution in [-0.2, 0) is 11.2 Å². The first-order chi connectivity index (χ1) is 9.65. The lowest BCUT2D eigenvalue weighted by molar-refractivity contribution is -0.123. The van der Waals surface area contributed by atoms with E-state index >= 15 is 0 Å². The molecule has 20 heavy (non-hydrogen) atoms. The van der Waals surface area contributed by atoms with Gasteiger partial charge < -0.3 is 10.6 Å². The molecule has 3 nitrogen and oxygen atoms in total. The highest BCUT2D eigenvalue weighted by Crippen LogP contribution is 2.12. The molecule has 0 spiro atoms. The SMILES string of the molecule is CC(Cc1ccc(Cl)cc1)NC(=O)C1CCCCCN1. The number of rotatable bonds is 4. The summed E-state index contributed by atoms with van der Waals surface area (Å²) < 4.78 is 0. The van der Waals surface area contributed by atoms with E-state index in [4.69, 9.17) is 11.6 Å². The third kappa shape index (κ3) is 4.80. The summed E-state index contributed by atoms with van der Waals surface area (Å²) in [5.74, 6) is 0.133. The fourth-order valence-corrected chi connectivity index (χ4v) is 2.75. The number of nitrogens with one attached hydrogen (secondary N) is 2. The highest BCUT2D eigenvalue weighted by Gasteiger charge is 2.20. The van der Waals surface area contributed by atoms with Gasteiger partial charge in [0.2, 0.25) is 5.91 Å². The van der Waals surface area contributed by atoms with Crippen molar-refractivity contribution in [3.63, 3.8) is 0 Å². The average molecular weight is 295 g/mol. The minimum atomic E-state index is -0.0230. The standard InChI is InChI=1S/C16H23ClN2O/c1-12(11-13-6-8-14(17)9-7-13)19-16(20)15-5-3-2-4-10-18-15/h6-9,12,15,18H,2-5,10-11H2,1H3,(H,19,20). The Kier molecular flexibility index (Phi) is 5.86. The van der Waals surface area contributed by atoms with Crippen LogP contribution in [0, 0.1) is 0 Å². The normalized spacial score (nSPS) is 21.0. The number of amides is 1. The summed E-state index contributed by atoms with van der Waals surface area (Å²) in [6.07, 6.45) is 5.30. The summed E-state index contributed by atoms with van der Waals surface area (Å²) in [7, 11) is 0. The van der Waals surface area contributed by atoms with Gasteiger partial charge in [-0.1, -0.05) is 36.6 Å². The molecular formula is C16H23ClN2O. The summed E-state index contributed by atoms with van der Waals surface area (Å²) in [6.45, 7) is 2.99. The number of carbonyl (C=O) groups is 1. The molecule has 1 heterocycles. The molecule has 110 valence electrons. The molecule has 1 saturated heterocycles. The van der Waals surface area contributed by atoms with E-state index in [1.807, 2.05) is 31.2 Å². The van der Waals surface area contributed by atoms with Crippen molar-refractivity contribution < 1.29 is 4.79 Å². The molecule has 4 heteroatoms. The van der Waals surface area contributed by atoms with E-state index in [0.717, 1.165) is 30.8 Å². The maximum Gasteiger partial charge on any atom is 0.237 e. The summed E-state index contributed by atoms with van der Waals surface area (Å²) in [5.41, 5.74) is 1.19. The number of halogens is 1. The number of benzene rings is 1. The zero-order chi connectivity index (χ0) is 14.4. The maximum atomic E-state index is 12.2. The van der Waals surface area contributed by atoms with E-state index in [9.17, 15) is 4.79 Å². The van der Waals surface area contributed by atoms with Gasteiger partial charge in [-0.25, -0.2) is 0 Å². The van der Waals surface area contributed by atoms with E-state index in [-0.39, 0.29) is 18.0 Å².